The Balaban J connectivity index is 2.14. The van der Waals surface area contributed by atoms with E-state index in [9.17, 15) is 9.36 Å². The molecular weight excluding hydrogens is 463 g/mol. The first kappa shape index (κ1) is 31.5. The van der Waals surface area contributed by atoms with Crippen LogP contribution in [0.2, 0.25) is 0 Å². The molecule has 1 amide bonds. The van der Waals surface area contributed by atoms with Crippen molar-refractivity contribution in [2.75, 3.05) is 13.2 Å². The van der Waals surface area contributed by atoms with E-state index in [1.165, 1.54) is 44.9 Å². The molecular formula is C27H47N2O5P. The average molecular weight is 511 g/mol. The summed E-state index contributed by atoms with van der Waals surface area (Å²) < 4.78 is 15.7. The third-order valence-corrected chi connectivity index (χ3v) is 6.27. The number of benzene rings is 1. The van der Waals surface area contributed by atoms with E-state index in [2.05, 4.69) is 34.2 Å². The Morgan fingerprint density at radius 3 is 2.17 bits per heavy atom. The summed E-state index contributed by atoms with van der Waals surface area (Å²) in [6.07, 6.45) is 19.3. The summed E-state index contributed by atoms with van der Waals surface area (Å²) >= 11 is 0. The molecule has 1 atom stereocenters. The molecule has 0 radical (unpaired) electrons. The van der Waals surface area contributed by atoms with E-state index in [1.54, 1.807) is 0 Å². The Morgan fingerprint density at radius 1 is 0.943 bits per heavy atom. The average Bonchev–Trinajstić information content (AvgIpc) is 2.83. The lowest BCUT2D eigenvalue weighted by Gasteiger charge is -2.20. The highest BCUT2D eigenvalue weighted by molar-refractivity contribution is 7.46. The molecule has 1 rings (SSSR count). The van der Waals surface area contributed by atoms with Crippen molar-refractivity contribution < 1.29 is 23.7 Å². The molecule has 0 fully saturated rings. The van der Waals surface area contributed by atoms with E-state index in [0.717, 1.165) is 37.7 Å². The molecule has 8 heteroatoms. The number of allylic oxidation sites excluding steroid dienone is 2. The van der Waals surface area contributed by atoms with Crippen LogP contribution in [0.4, 0.5) is 0 Å². The predicted molar refractivity (Wildman–Crippen MR) is 143 cm³/mol. The quantitative estimate of drug-likeness (QED) is 0.0863. The van der Waals surface area contributed by atoms with Gasteiger partial charge in [0.1, 0.15) is 0 Å². The van der Waals surface area contributed by atoms with Gasteiger partial charge in [0.25, 0.3) is 0 Å². The second-order valence-corrected chi connectivity index (χ2v) is 10.4. The number of phosphoric acid groups is 1. The van der Waals surface area contributed by atoms with Gasteiger partial charge < -0.3 is 20.4 Å². The maximum atomic E-state index is 12.3. The highest BCUT2D eigenvalue weighted by atomic mass is 31.2. The van der Waals surface area contributed by atoms with Crippen LogP contribution >= 0.6 is 7.82 Å². The zero-order valence-corrected chi connectivity index (χ0v) is 22.4. The topological polar surface area (TPSA) is 108 Å². The summed E-state index contributed by atoms with van der Waals surface area (Å²) in [5, 5.41) is 6.05. The van der Waals surface area contributed by atoms with Crippen LogP contribution in [0.1, 0.15) is 96.0 Å². The smallest absolute Gasteiger partial charge is 0.350 e. The third kappa shape index (κ3) is 20.4. The van der Waals surface area contributed by atoms with Crippen LogP contribution in [-0.4, -0.2) is 34.9 Å². The fraction of sp³-hybridized carbons (Fsp3) is 0.667. The van der Waals surface area contributed by atoms with Gasteiger partial charge in [0.2, 0.25) is 5.91 Å². The van der Waals surface area contributed by atoms with Gasteiger partial charge in [-0.2, -0.15) is 0 Å². The third-order valence-electron chi connectivity index (χ3n) is 5.79. The zero-order valence-electron chi connectivity index (χ0n) is 21.5. The molecule has 7 nitrogen and oxygen atoms in total. The molecule has 0 spiro atoms. The van der Waals surface area contributed by atoms with Gasteiger partial charge in [0, 0.05) is 19.5 Å². The standard InChI is InChI=1S/C27H47N2O5P/c1-2-3-4-5-6-7-8-9-10-11-12-13-14-18-21-27(30)29-26(24-34-35(31,32)33)23-28-22-25-19-16-15-17-20-25/h9-10,15-17,19-20,26,28H,2-8,11-14,18,21-24H2,1H3,(H,29,30)(H2,31,32,33)/b10-9-/t26-/m1/s1. The van der Waals surface area contributed by atoms with E-state index >= 15 is 0 Å². The number of hydrogen-bond acceptors (Lipinski definition) is 4. The van der Waals surface area contributed by atoms with E-state index in [1.807, 2.05) is 30.3 Å². The van der Waals surface area contributed by atoms with Gasteiger partial charge >= 0.3 is 7.82 Å². The molecule has 0 aliphatic heterocycles. The Kier molecular flexibility index (Phi) is 18.6. The van der Waals surface area contributed by atoms with Crippen molar-refractivity contribution in [3.63, 3.8) is 0 Å². The summed E-state index contributed by atoms with van der Waals surface area (Å²) in [4.78, 5) is 30.3. The van der Waals surface area contributed by atoms with Crippen molar-refractivity contribution in [3.05, 3.63) is 48.0 Å². The fourth-order valence-electron chi connectivity index (χ4n) is 3.80. The van der Waals surface area contributed by atoms with E-state index in [0.29, 0.717) is 19.5 Å². The Hall–Kier alpha value is -1.50. The van der Waals surface area contributed by atoms with Crippen molar-refractivity contribution >= 4 is 13.7 Å². The summed E-state index contributed by atoms with van der Waals surface area (Å²) in [6, 6.07) is 9.28. The number of carbonyl (C=O) groups is 1. The van der Waals surface area contributed by atoms with Crippen LogP contribution in [0.3, 0.4) is 0 Å². The molecule has 4 N–H and O–H groups in total. The Labute approximate surface area is 212 Å². The van der Waals surface area contributed by atoms with Crippen LogP contribution in [0.25, 0.3) is 0 Å². The summed E-state index contributed by atoms with van der Waals surface area (Å²) in [5.74, 6) is -0.121. The number of unbranched alkanes of at least 4 members (excludes halogenated alkanes) is 10. The molecule has 0 aliphatic carbocycles. The number of phosphoric ester groups is 1. The van der Waals surface area contributed by atoms with Gasteiger partial charge in [-0.15, -0.1) is 0 Å². The molecule has 0 bridgehead atoms. The number of amides is 1. The van der Waals surface area contributed by atoms with Crippen molar-refractivity contribution in [1.29, 1.82) is 0 Å². The number of carbonyl (C=O) groups excluding carboxylic acids is 1. The Bertz CT molecular complexity index is 724. The van der Waals surface area contributed by atoms with Gasteiger partial charge in [0.05, 0.1) is 12.6 Å². The lowest BCUT2D eigenvalue weighted by Crippen LogP contribution is -2.44. The van der Waals surface area contributed by atoms with E-state index < -0.39 is 13.9 Å². The van der Waals surface area contributed by atoms with Crippen LogP contribution in [-0.2, 0) is 20.4 Å². The minimum Gasteiger partial charge on any atom is -0.350 e. The van der Waals surface area contributed by atoms with Gasteiger partial charge in [-0.05, 0) is 37.7 Å². The lowest BCUT2D eigenvalue weighted by molar-refractivity contribution is -0.122. The van der Waals surface area contributed by atoms with Crippen molar-refractivity contribution in [3.8, 4) is 0 Å². The van der Waals surface area contributed by atoms with Gasteiger partial charge in [-0.3, -0.25) is 9.32 Å². The Morgan fingerprint density at radius 2 is 1.54 bits per heavy atom. The molecule has 0 unspecified atom stereocenters. The minimum atomic E-state index is -4.59. The van der Waals surface area contributed by atoms with E-state index in [-0.39, 0.29) is 12.5 Å². The molecule has 1 aromatic carbocycles. The predicted octanol–water partition coefficient (Wildman–Crippen LogP) is 6.02. The van der Waals surface area contributed by atoms with Crippen LogP contribution < -0.4 is 10.6 Å². The molecule has 200 valence electrons. The fourth-order valence-corrected chi connectivity index (χ4v) is 4.18. The zero-order chi connectivity index (χ0) is 25.6. The van der Waals surface area contributed by atoms with Gasteiger partial charge in [-0.25, -0.2) is 4.57 Å². The SMILES string of the molecule is CCCCCCCC/C=C\CCCCCCC(=O)N[C@H](CNCc1ccccc1)COP(=O)(O)O. The second kappa shape index (κ2) is 20.7. The molecule has 0 aromatic heterocycles. The number of nitrogens with one attached hydrogen (secondary N) is 2. The van der Waals surface area contributed by atoms with Crippen molar-refractivity contribution in [2.45, 2.75) is 103 Å². The van der Waals surface area contributed by atoms with Crippen LogP contribution in [0.15, 0.2) is 42.5 Å². The first-order chi connectivity index (χ1) is 16.9. The molecule has 35 heavy (non-hydrogen) atoms. The van der Waals surface area contributed by atoms with E-state index in [4.69, 9.17) is 9.79 Å². The van der Waals surface area contributed by atoms with Crippen LogP contribution in [0, 0.1) is 0 Å². The molecule has 0 saturated carbocycles. The van der Waals surface area contributed by atoms with Crippen LogP contribution in [0.5, 0.6) is 0 Å². The highest BCUT2D eigenvalue weighted by Crippen LogP contribution is 2.35. The summed E-state index contributed by atoms with van der Waals surface area (Å²) in [5.41, 5.74) is 1.09. The number of hydrogen-bond donors (Lipinski definition) is 4. The molecule has 0 heterocycles. The summed E-state index contributed by atoms with van der Waals surface area (Å²) in [6.45, 7) is 2.94. The largest absolute Gasteiger partial charge is 0.469 e. The van der Waals surface area contributed by atoms with Gasteiger partial charge in [-0.1, -0.05) is 94.4 Å². The first-order valence-electron chi connectivity index (χ1n) is 13.3. The maximum absolute atomic E-state index is 12.3. The minimum absolute atomic E-state index is 0.121. The molecule has 0 saturated heterocycles. The van der Waals surface area contributed by atoms with Gasteiger partial charge in [0.15, 0.2) is 0 Å². The molecule has 0 aliphatic rings. The first-order valence-corrected chi connectivity index (χ1v) is 14.8. The normalized spacial score (nSPS) is 12.8. The summed E-state index contributed by atoms with van der Waals surface area (Å²) in [7, 11) is -4.59. The monoisotopic (exact) mass is 510 g/mol. The second-order valence-electron chi connectivity index (χ2n) is 9.15. The molecule has 1 aromatic rings. The van der Waals surface area contributed by atoms with Crippen molar-refractivity contribution in [1.82, 2.24) is 10.6 Å². The number of rotatable bonds is 22. The van der Waals surface area contributed by atoms with Crippen molar-refractivity contribution in [2.24, 2.45) is 0 Å². The highest BCUT2D eigenvalue weighted by Gasteiger charge is 2.19. The maximum Gasteiger partial charge on any atom is 0.469 e. The lowest BCUT2D eigenvalue weighted by atomic mass is 10.1.